The van der Waals surface area contributed by atoms with Gasteiger partial charge in [-0.1, -0.05) is 17.7 Å². The number of hydrogen-bond donors (Lipinski definition) is 1. The first kappa shape index (κ1) is 22.8. The van der Waals surface area contributed by atoms with E-state index >= 15 is 0 Å². The first-order valence-corrected chi connectivity index (χ1v) is 8.92. The highest BCUT2D eigenvalue weighted by atomic mass is 79.9. The molecule has 0 fully saturated rings. The molecule has 5 nitrogen and oxygen atoms in total. The van der Waals surface area contributed by atoms with Crippen molar-refractivity contribution < 1.29 is 36.6 Å². The summed E-state index contributed by atoms with van der Waals surface area (Å²) in [7, 11) is 1.27. The number of carbonyl (C=O) groups excluding carboxylic acids is 1. The topological polar surface area (TPSA) is 56.8 Å². The number of carbonyl (C=O) groups is 1. The van der Waals surface area contributed by atoms with Crippen LogP contribution in [0.25, 0.3) is 6.08 Å². The van der Waals surface area contributed by atoms with Gasteiger partial charge >= 0.3 is 13.2 Å². The van der Waals surface area contributed by atoms with Crippen LogP contribution in [-0.4, -0.2) is 26.2 Å². The van der Waals surface area contributed by atoms with Gasteiger partial charge in [0.05, 0.1) is 17.3 Å². The average Bonchev–Trinajstić information content (AvgIpc) is 2.63. The van der Waals surface area contributed by atoms with Crippen LogP contribution >= 0.6 is 27.5 Å². The minimum Gasteiger partial charge on any atom is -0.493 e. The van der Waals surface area contributed by atoms with Gasteiger partial charge in [0.2, 0.25) is 5.91 Å². The molecular formula is C18H13BrClF4NO4. The summed E-state index contributed by atoms with van der Waals surface area (Å²) >= 11 is 8.92. The van der Waals surface area contributed by atoms with E-state index in [9.17, 15) is 22.4 Å². The highest BCUT2D eigenvalue weighted by molar-refractivity contribution is 9.10. The van der Waals surface area contributed by atoms with Crippen LogP contribution in [0.5, 0.6) is 17.2 Å². The lowest BCUT2D eigenvalue weighted by molar-refractivity contribution is -0.111. The van der Waals surface area contributed by atoms with Crippen LogP contribution in [0.4, 0.5) is 23.2 Å². The molecule has 0 saturated heterocycles. The quantitative estimate of drug-likeness (QED) is 0.360. The first-order valence-electron chi connectivity index (χ1n) is 7.75. The third-order valence-corrected chi connectivity index (χ3v) is 4.11. The van der Waals surface area contributed by atoms with Crippen molar-refractivity contribution in [2.24, 2.45) is 0 Å². The molecule has 0 aromatic heterocycles. The van der Waals surface area contributed by atoms with E-state index < -0.39 is 19.1 Å². The van der Waals surface area contributed by atoms with E-state index in [1.165, 1.54) is 43.5 Å². The molecule has 0 bridgehead atoms. The van der Waals surface area contributed by atoms with Crippen LogP contribution in [0.1, 0.15) is 5.56 Å². The highest BCUT2D eigenvalue weighted by Crippen LogP contribution is 2.37. The maximum atomic E-state index is 12.6. The molecule has 0 aliphatic rings. The molecule has 0 spiro atoms. The van der Waals surface area contributed by atoms with E-state index in [0.29, 0.717) is 5.56 Å². The summed E-state index contributed by atoms with van der Waals surface area (Å²) in [5, 5.41) is 2.56. The minimum absolute atomic E-state index is 0.0410. The third kappa shape index (κ3) is 6.82. The summed E-state index contributed by atoms with van der Waals surface area (Å²) in [5.41, 5.74) is 0.368. The van der Waals surface area contributed by atoms with E-state index in [1.807, 2.05) is 0 Å². The van der Waals surface area contributed by atoms with Gasteiger partial charge in [-0.15, -0.1) is 0 Å². The van der Waals surface area contributed by atoms with Gasteiger partial charge in [-0.25, -0.2) is 0 Å². The molecule has 2 aromatic rings. The molecule has 0 heterocycles. The second kappa shape index (κ2) is 10.4. The van der Waals surface area contributed by atoms with Crippen molar-refractivity contribution in [1.29, 1.82) is 0 Å². The van der Waals surface area contributed by atoms with Crippen LogP contribution < -0.4 is 19.5 Å². The number of amides is 1. The van der Waals surface area contributed by atoms with Crippen LogP contribution in [0, 0.1) is 0 Å². The molecule has 11 heteroatoms. The lowest BCUT2D eigenvalue weighted by Crippen LogP contribution is -2.11. The number of alkyl halides is 4. The maximum absolute atomic E-state index is 12.6. The molecule has 2 aromatic carbocycles. The summed E-state index contributed by atoms with van der Waals surface area (Å²) in [6, 6.07) is 6.63. The van der Waals surface area contributed by atoms with Gasteiger partial charge in [0, 0.05) is 11.1 Å². The Kier molecular flexibility index (Phi) is 8.15. The number of anilines is 1. The molecule has 1 amide bonds. The summed E-state index contributed by atoms with van der Waals surface area (Å²) in [6.45, 7) is -6.13. The largest absolute Gasteiger partial charge is 0.493 e. The number of methoxy groups -OCH3 is 1. The van der Waals surface area contributed by atoms with E-state index in [4.69, 9.17) is 16.3 Å². The number of benzene rings is 2. The number of hydrogen-bond acceptors (Lipinski definition) is 4. The van der Waals surface area contributed by atoms with E-state index in [2.05, 4.69) is 30.7 Å². The normalized spacial score (nSPS) is 11.2. The van der Waals surface area contributed by atoms with Crippen molar-refractivity contribution >= 4 is 45.2 Å². The Bertz CT molecular complexity index is 912. The van der Waals surface area contributed by atoms with Crippen LogP contribution in [-0.2, 0) is 4.79 Å². The molecule has 0 saturated carbocycles. The zero-order valence-corrected chi connectivity index (χ0v) is 16.9. The fraction of sp³-hybridized carbons (Fsp3) is 0.167. The zero-order valence-electron chi connectivity index (χ0n) is 14.6. The molecule has 0 aliphatic carbocycles. The molecule has 156 valence electrons. The van der Waals surface area contributed by atoms with Crippen LogP contribution in [0.2, 0.25) is 5.02 Å². The first-order chi connectivity index (χ1) is 13.7. The number of rotatable bonds is 8. The van der Waals surface area contributed by atoms with Crippen molar-refractivity contribution in [3.8, 4) is 17.2 Å². The molecule has 0 unspecified atom stereocenters. The Morgan fingerprint density at radius 3 is 2.41 bits per heavy atom. The standard InChI is InChI=1S/C18H13BrClF4NO4/c1-27-14-6-9(2-4-13(14)28-17(21)22)3-5-15(26)25-12-8-10(20)7-11(19)16(12)29-18(23)24/h2-8,17-18H,1H3,(H,25,26)/b5-3+. The molecule has 0 radical (unpaired) electrons. The van der Waals surface area contributed by atoms with Crippen molar-refractivity contribution in [3.05, 3.63) is 51.5 Å². The van der Waals surface area contributed by atoms with Gasteiger partial charge < -0.3 is 19.5 Å². The second-order valence-electron chi connectivity index (χ2n) is 5.25. The Morgan fingerprint density at radius 2 is 1.79 bits per heavy atom. The zero-order chi connectivity index (χ0) is 21.6. The van der Waals surface area contributed by atoms with Crippen LogP contribution in [0.3, 0.4) is 0 Å². The maximum Gasteiger partial charge on any atom is 0.387 e. The SMILES string of the molecule is COc1cc(/C=C/C(=O)Nc2cc(Cl)cc(Br)c2OC(F)F)ccc1OC(F)F. The molecular weight excluding hydrogens is 486 g/mol. The minimum atomic E-state index is -3.11. The summed E-state index contributed by atoms with van der Waals surface area (Å²) in [4.78, 5) is 12.2. The van der Waals surface area contributed by atoms with Crippen molar-refractivity contribution in [2.45, 2.75) is 13.2 Å². The van der Waals surface area contributed by atoms with Gasteiger partial charge in [0.25, 0.3) is 0 Å². The van der Waals surface area contributed by atoms with E-state index in [1.54, 1.807) is 0 Å². The summed E-state index contributed by atoms with van der Waals surface area (Å²) in [5.74, 6) is -1.09. The van der Waals surface area contributed by atoms with Gasteiger partial charge in [-0.3, -0.25) is 4.79 Å². The van der Waals surface area contributed by atoms with E-state index in [0.717, 1.165) is 6.08 Å². The second-order valence-corrected chi connectivity index (χ2v) is 6.54. The van der Waals surface area contributed by atoms with Gasteiger partial charge in [-0.2, -0.15) is 17.6 Å². The number of nitrogens with one attached hydrogen (secondary N) is 1. The molecule has 1 N–H and O–H groups in total. The monoisotopic (exact) mass is 497 g/mol. The Hall–Kier alpha value is -2.46. The van der Waals surface area contributed by atoms with E-state index in [-0.39, 0.29) is 32.4 Å². The molecule has 0 atom stereocenters. The average molecular weight is 499 g/mol. The molecule has 0 aliphatic heterocycles. The van der Waals surface area contributed by atoms with Crippen molar-refractivity contribution in [3.63, 3.8) is 0 Å². The summed E-state index contributed by atoms with van der Waals surface area (Å²) in [6.07, 6.45) is 2.46. The molecule has 2 rings (SSSR count). The fourth-order valence-corrected chi connectivity index (χ4v) is 3.09. The fourth-order valence-electron chi connectivity index (χ4n) is 2.19. The van der Waals surface area contributed by atoms with Gasteiger partial charge in [0.1, 0.15) is 0 Å². The van der Waals surface area contributed by atoms with Crippen molar-refractivity contribution in [1.82, 2.24) is 0 Å². The predicted molar refractivity (Wildman–Crippen MR) is 103 cm³/mol. The van der Waals surface area contributed by atoms with Crippen LogP contribution in [0.15, 0.2) is 40.9 Å². The lowest BCUT2D eigenvalue weighted by Gasteiger charge is -2.13. The van der Waals surface area contributed by atoms with Gasteiger partial charge in [0.15, 0.2) is 17.2 Å². The smallest absolute Gasteiger partial charge is 0.387 e. The Morgan fingerprint density at radius 1 is 1.10 bits per heavy atom. The van der Waals surface area contributed by atoms with Crippen molar-refractivity contribution in [2.75, 3.05) is 12.4 Å². The third-order valence-electron chi connectivity index (χ3n) is 3.30. The summed E-state index contributed by atoms with van der Waals surface area (Å²) < 4.78 is 63.7. The predicted octanol–water partition coefficient (Wildman–Crippen LogP) is 5.97. The highest BCUT2D eigenvalue weighted by Gasteiger charge is 2.16. The van der Waals surface area contributed by atoms with Gasteiger partial charge in [-0.05, 0) is 51.8 Å². The molecule has 29 heavy (non-hydrogen) atoms. The number of halogens is 6. The number of ether oxygens (including phenoxy) is 3. The Labute approximate surface area is 176 Å². The Balaban J connectivity index is 2.18. The lowest BCUT2D eigenvalue weighted by atomic mass is 10.2.